The molecule has 2 unspecified atom stereocenters. The van der Waals surface area contributed by atoms with Gasteiger partial charge in [-0.2, -0.15) is 18.2 Å². The molecule has 2 aliphatic rings. The molecule has 0 spiro atoms. The maximum atomic E-state index is 13.1. The minimum atomic E-state index is -4.49. The number of fused-ring (bicyclic) bond motifs is 3. The van der Waals surface area contributed by atoms with Crippen LogP contribution >= 0.6 is 11.3 Å². The number of rotatable bonds is 5. The number of alkyl halides is 3. The summed E-state index contributed by atoms with van der Waals surface area (Å²) in [6, 6.07) is 6.74. The summed E-state index contributed by atoms with van der Waals surface area (Å²) in [5.74, 6) is -1.52. The predicted molar refractivity (Wildman–Crippen MR) is 117 cm³/mol. The van der Waals surface area contributed by atoms with Gasteiger partial charge in [0.15, 0.2) is 0 Å². The highest BCUT2D eigenvalue weighted by molar-refractivity contribution is 7.22. The van der Waals surface area contributed by atoms with Gasteiger partial charge >= 0.3 is 6.18 Å². The van der Waals surface area contributed by atoms with Crippen molar-refractivity contribution in [3.05, 3.63) is 54.2 Å². The Kier molecular flexibility index (Phi) is 5.40. The van der Waals surface area contributed by atoms with Gasteiger partial charge in [-0.1, -0.05) is 23.5 Å². The average Bonchev–Trinajstić information content (AvgIpc) is 3.51. The van der Waals surface area contributed by atoms with Crippen LogP contribution in [0.2, 0.25) is 0 Å². The van der Waals surface area contributed by atoms with Crippen molar-refractivity contribution in [2.75, 3.05) is 5.06 Å². The summed E-state index contributed by atoms with van der Waals surface area (Å²) in [5, 5.41) is 11.2. The summed E-state index contributed by atoms with van der Waals surface area (Å²) in [4.78, 5) is 33.2. The SMILES string of the molecule is CC(=O)[C@H]1C2C=CC(C2)[C@H]1C(=O)N(O)c1nc2ccc(Oc3ccc(C(F)(F)F)cn3)cc2s1. The van der Waals surface area contributed by atoms with E-state index in [-0.39, 0.29) is 28.6 Å². The van der Waals surface area contributed by atoms with Crippen LogP contribution in [0.3, 0.4) is 0 Å². The number of hydrogen-bond donors (Lipinski definition) is 1. The topological polar surface area (TPSA) is 92.6 Å². The molecule has 7 nitrogen and oxygen atoms in total. The summed E-state index contributed by atoms with van der Waals surface area (Å²) in [5.41, 5.74) is -0.386. The number of carbonyl (C=O) groups excluding carboxylic acids is 2. The first-order valence-corrected chi connectivity index (χ1v) is 11.3. The second-order valence-electron chi connectivity index (χ2n) is 8.37. The van der Waals surface area contributed by atoms with Crippen LogP contribution in [-0.4, -0.2) is 26.9 Å². The van der Waals surface area contributed by atoms with Gasteiger partial charge in [-0.15, -0.1) is 0 Å². The van der Waals surface area contributed by atoms with E-state index in [1.165, 1.54) is 6.92 Å². The number of ether oxygens (including phenoxy) is 1. The third-order valence-electron chi connectivity index (χ3n) is 6.24. The lowest BCUT2D eigenvalue weighted by Crippen LogP contribution is -2.41. The molecule has 34 heavy (non-hydrogen) atoms. The van der Waals surface area contributed by atoms with E-state index in [0.29, 0.717) is 33.6 Å². The minimum absolute atomic E-state index is 0.0127. The van der Waals surface area contributed by atoms with Crippen molar-refractivity contribution in [1.29, 1.82) is 0 Å². The largest absolute Gasteiger partial charge is 0.439 e. The summed E-state index contributed by atoms with van der Waals surface area (Å²) in [6.45, 7) is 1.46. The molecule has 0 radical (unpaired) electrons. The zero-order valence-electron chi connectivity index (χ0n) is 17.7. The molecule has 2 heterocycles. The molecule has 1 N–H and O–H groups in total. The van der Waals surface area contributed by atoms with Gasteiger partial charge in [0.2, 0.25) is 11.0 Å². The van der Waals surface area contributed by atoms with Crippen LogP contribution in [0.15, 0.2) is 48.7 Å². The van der Waals surface area contributed by atoms with E-state index < -0.39 is 29.5 Å². The Morgan fingerprint density at radius 1 is 1.15 bits per heavy atom. The molecule has 3 aromatic rings. The van der Waals surface area contributed by atoms with Crippen molar-refractivity contribution in [3.8, 4) is 11.6 Å². The highest BCUT2D eigenvalue weighted by Gasteiger charge is 2.51. The van der Waals surface area contributed by atoms with Crippen molar-refractivity contribution in [3.63, 3.8) is 0 Å². The molecule has 4 atom stereocenters. The summed E-state index contributed by atoms with van der Waals surface area (Å²) < 4.78 is 44.2. The quantitative estimate of drug-likeness (QED) is 0.299. The number of halogens is 3. The van der Waals surface area contributed by atoms with E-state index in [2.05, 4.69) is 9.97 Å². The van der Waals surface area contributed by atoms with Gasteiger partial charge in [0.25, 0.3) is 5.91 Å². The van der Waals surface area contributed by atoms with Crippen LogP contribution < -0.4 is 9.80 Å². The molecule has 2 aliphatic carbocycles. The highest BCUT2D eigenvalue weighted by Crippen LogP contribution is 2.49. The second kappa shape index (κ2) is 8.17. The average molecular weight is 489 g/mol. The van der Waals surface area contributed by atoms with Crippen molar-refractivity contribution < 1.29 is 32.7 Å². The first kappa shape index (κ1) is 22.5. The van der Waals surface area contributed by atoms with E-state index in [0.717, 1.165) is 23.5 Å². The van der Waals surface area contributed by atoms with Crippen LogP contribution in [0, 0.1) is 23.7 Å². The van der Waals surface area contributed by atoms with Gasteiger partial charge < -0.3 is 4.74 Å². The third kappa shape index (κ3) is 3.94. The van der Waals surface area contributed by atoms with E-state index in [9.17, 15) is 28.0 Å². The molecule has 176 valence electrons. The van der Waals surface area contributed by atoms with E-state index in [4.69, 9.17) is 4.74 Å². The molecule has 1 saturated carbocycles. The lowest BCUT2D eigenvalue weighted by Gasteiger charge is -2.27. The van der Waals surface area contributed by atoms with Gasteiger partial charge in [0, 0.05) is 24.2 Å². The van der Waals surface area contributed by atoms with Crippen LogP contribution in [0.25, 0.3) is 10.2 Å². The van der Waals surface area contributed by atoms with Crippen LogP contribution in [-0.2, 0) is 15.8 Å². The Balaban J connectivity index is 1.35. The van der Waals surface area contributed by atoms with Gasteiger partial charge in [-0.3, -0.25) is 14.8 Å². The molecule has 1 amide bonds. The Morgan fingerprint density at radius 2 is 1.88 bits per heavy atom. The molecule has 0 saturated heterocycles. The standard InChI is InChI=1S/C23H18F3N3O4S/c1-11(30)19-12-2-3-13(8-12)20(19)21(31)29(32)22-28-16-6-5-15(9-17(16)34-22)33-18-7-4-14(10-27-18)23(24,25)26/h2-7,9-10,12-13,19-20,32H,8H2,1H3/t12?,13?,19-,20+/m0/s1. The number of ketones is 1. The maximum absolute atomic E-state index is 13.1. The number of anilines is 1. The molecule has 1 aromatic carbocycles. The minimum Gasteiger partial charge on any atom is -0.439 e. The van der Waals surface area contributed by atoms with Crippen LogP contribution in [0.4, 0.5) is 18.3 Å². The first-order chi connectivity index (χ1) is 16.1. The Labute approximate surface area is 195 Å². The Bertz CT molecular complexity index is 1310. The monoisotopic (exact) mass is 489 g/mol. The van der Waals surface area contributed by atoms with E-state index >= 15 is 0 Å². The molecule has 11 heteroatoms. The second-order valence-corrected chi connectivity index (χ2v) is 9.38. The number of Topliss-reactive ketones (excluding diaryl/α,β-unsaturated/α-hetero) is 1. The molecule has 2 aromatic heterocycles. The normalized spacial score (nSPS) is 23.4. The molecular formula is C23H18F3N3O4S. The van der Waals surface area contributed by atoms with Gasteiger partial charge in [-0.25, -0.2) is 9.97 Å². The fourth-order valence-electron chi connectivity index (χ4n) is 4.72. The molecule has 1 fully saturated rings. The van der Waals surface area contributed by atoms with Crippen molar-refractivity contribution >= 4 is 38.4 Å². The Morgan fingerprint density at radius 3 is 2.53 bits per heavy atom. The summed E-state index contributed by atoms with van der Waals surface area (Å²) in [7, 11) is 0. The number of hydroxylamine groups is 1. The van der Waals surface area contributed by atoms with Crippen LogP contribution in [0.5, 0.6) is 11.6 Å². The molecular weight excluding hydrogens is 471 g/mol. The fraction of sp³-hybridized carbons (Fsp3) is 0.304. The van der Waals surface area contributed by atoms with Crippen molar-refractivity contribution in [2.45, 2.75) is 19.5 Å². The smallest absolute Gasteiger partial charge is 0.417 e. The number of carbonyl (C=O) groups is 2. The third-order valence-corrected chi connectivity index (χ3v) is 7.23. The van der Waals surface area contributed by atoms with Crippen molar-refractivity contribution in [1.82, 2.24) is 9.97 Å². The van der Waals surface area contributed by atoms with Crippen LogP contribution in [0.1, 0.15) is 18.9 Å². The fourth-order valence-corrected chi connectivity index (χ4v) is 5.64. The molecule has 0 aliphatic heterocycles. The zero-order valence-corrected chi connectivity index (χ0v) is 18.5. The number of amides is 1. The van der Waals surface area contributed by atoms with Gasteiger partial charge in [0.1, 0.15) is 11.5 Å². The van der Waals surface area contributed by atoms with E-state index in [1.54, 1.807) is 18.2 Å². The summed E-state index contributed by atoms with van der Waals surface area (Å²) >= 11 is 1.04. The molecule has 2 bridgehead atoms. The van der Waals surface area contributed by atoms with Gasteiger partial charge in [-0.05, 0) is 43.4 Å². The van der Waals surface area contributed by atoms with E-state index in [1.807, 2.05) is 12.2 Å². The molecule has 5 rings (SSSR count). The number of nitrogens with zero attached hydrogens (tertiary/aromatic N) is 3. The van der Waals surface area contributed by atoms with Gasteiger partial charge in [0.05, 0.1) is 21.7 Å². The number of pyridine rings is 1. The first-order valence-electron chi connectivity index (χ1n) is 10.4. The number of hydrogen-bond acceptors (Lipinski definition) is 7. The Hall–Kier alpha value is -3.31. The zero-order chi connectivity index (χ0) is 24.2. The maximum Gasteiger partial charge on any atom is 0.417 e. The number of thiazole rings is 1. The lowest BCUT2D eigenvalue weighted by atomic mass is 9.80. The number of aromatic nitrogens is 2. The highest BCUT2D eigenvalue weighted by atomic mass is 32.1. The lowest BCUT2D eigenvalue weighted by molar-refractivity contribution is -0.137. The van der Waals surface area contributed by atoms with Crippen molar-refractivity contribution in [2.24, 2.45) is 23.7 Å². The number of allylic oxidation sites excluding steroid dienone is 2. The summed E-state index contributed by atoms with van der Waals surface area (Å²) in [6.07, 6.45) is 0.806. The number of benzene rings is 1. The predicted octanol–water partition coefficient (Wildman–Crippen LogP) is 5.25.